The van der Waals surface area contributed by atoms with E-state index in [9.17, 15) is 0 Å². The minimum Gasteiger partial charge on any atom is -0.379 e. The molecule has 0 aromatic carbocycles. The van der Waals surface area contributed by atoms with Gasteiger partial charge in [0, 0.05) is 45.8 Å². The molecule has 0 saturated carbocycles. The van der Waals surface area contributed by atoms with Crippen molar-refractivity contribution < 1.29 is 4.74 Å². The number of morpholine rings is 1. The molecular weight excluding hydrogens is 288 g/mol. The largest absolute Gasteiger partial charge is 0.379 e. The Morgan fingerprint density at radius 3 is 2.90 bits per heavy atom. The number of halogens is 1. The summed E-state index contributed by atoms with van der Waals surface area (Å²) in [7, 11) is 1.88. The van der Waals surface area contributed by atoms with Gasteiger partial charge in [0.15, 0.2) is 0 Å². The van der Waals surface area contributed by atoms with Gasteiger partial charge in [-0.05, 0) is 18.6 Å². The van der Waals surface area contributed by atoms with Crippen molar-refractivity contribution >= 4 is 17.4 Å². The van der Waals surface area contributed by atoms with Crippen molar-refractivity contribution in [1.82, 2.24) is 14.8 Å². The van der Waals surface area contributed by atoms with Gasteiger partial charge in [0.25, 0.3) is 0 Å². The maximum absolute atomic E-state index is 6.27. The van der Waals surface area contributed by atoms with Gasteiger partial charge in [-0.3, -0.25) is 9.80 Å². The van der Waals surface area contributed by atoms with E-state index in [4.69, 9.17) is 16.3 Å². The smallest absolute Gasteiger partial charge is 0.126 e. The molecule has 6 heteroatoms. The average Bonchev–Trinajstić information content (AvgIpc) is 2.99. The van der Waals surface area contributed by atoms with Crippen LogP contribution in [0.25, 0.3) is 0 Å². The Hall–Kier alpha value is -0.880. The third-order valence-corrected chi connectivity index (χ3v) is 4.70. The molecule has 2 fully saturated rings. The van der Waals surface area contributed by atoms with Crippen LogP contribution in [0.1, 0.15) is 12.1 Å². The molecule has 5 nitrogen and oxygen atoms in total. The van der Waals surface area contributed by atoms with Crippen LogP contribution in [-0.4, -0.2) is 67.3 Å². The predicted molar refractivity (Wildman–Crippen MR) is 84.9 cm³/mol. The lowest BCUT2D eigenvalue weighted by Gasteiger charge is -2.32. The van der Waals surface area contributed by atoms with Gasteiger partial charge in [0.1, 0.15) is 5.82 Å². The topological polar surface area (TPSA) is 40.6 Å². The molecule has 0 amide bonds. The maximum atomic E-state index is 6.27. The molecule has 3 heterocycles. The molecule has 1 aromatic rings. The Kier molecular flexibility index (Phi) is 4.95. The zero-order chi connectivity index (χ0) is 14.7. The predicted octanol–water partition coefficient (Wildman–Crippen LogP) is 1.68. The number of hydrogen-bond acceptors (Lipinski definition) is 5. The van der Waals surface area contributed by atoms with Crippen LogP contribution in [0.15, 0.2) is 12.1 Å². The van der Waals surface area contributed by atoms with Gasteiger partial charge in [-0.15, -0.1) is 0 Å². The maximum Gasteiger partial charge on any atom is 0.126 e. The molecule has 3 rings (SSSR count). The Morgan fingerprint density at radius 1 is 1.33 bits per heavy atom. The van der Waals surface area contributed by atoms with E-state index < -0.39 is 0 Å². The van der Waals surface area contributed by atoms with E-state index in [0.717, 1.165) is 62.5 Å². The summed E-state index contributed by atoms with van der Waals surface area (Å²) in [5.41, 5.74) is 0.964. The first kappa shape index (κ1) is 15.0. The Balaban J connectivity index is 1.59. The quantitative estimate of drug-likeness (QED) is 0.916. The number of nitrogens with one attached hydrogen (secondary N) is 1. The van der Waals surface area contributed by atoms with Crippen molar-refractivity contribution in [2.75, 3.05) is 51.8 Å². The minimum atomic E-state index is 0.653. The van der Waals surface area contributed by atoms with Crippen molar-refractivity contribution in [2.45, 2.75) is 19.0 Å². The zero-order valence-electron chi connectivity index (χ0n) is 12.5. The molecule has 1 atom stereocenters. The number of ether oxygens (including phenoxy) is 1. The fraction of sp³-hybridized carbons (Fsp3) is 0.667. The highest BCUT2D eigenvalue weighted by atomic mass is 35.5. The number of nitrogens with zero attached hydrogens (tertiary/aromatic N) is 3. The number of likely N-dealkylation sites (tertiary alicyclic amines) is 1. The molecule has 116 valence electrons. The van der Waals surface area contributed by atoms with E-state index in [1.807, 2.05) is 19.2 Å². The van der Waals surface area contributed by atoms with Gasteiger partial charge in [-0.1, -0.05) is 11.6 Å². The summed E-state index contributed by atoms with van der Waals surface area (Å²) in [5.74, 6) is 0.873. The summed E-state index contributed by atoms with van der Waals surface area (Å²) in [6.45, 7) is 6.91. The van der Waals surface area contributed by atoms with Crippen molar-refractivity contribution in [3.8, 4) is 0 Å². The number of anilines is 1. The second-order valence-corrected chi connectivity index (χ2v) is 6.11. The summed E-state index contributed by atoms with van der Waals surface area (Å²) in [4.78, 5) is 9.58. The van der Waals surface area contributed by atoms with Crippen molar-refractivity contribution in [2.24, 2.45) is 0 Å². The number of rotatable bonds is 4. The van der Waals surface area contributed by atoms with Gasteiger partial charge in [-0.2, -0.15) is 0 Å². The Bertz CT molecular complexity index is 479. The first-order valence-corrected chi connectivity index (χ1v) is 8.01. The van der Waals surface area contributed by atoms with Gasteiger partial charge < -0.3 is 10.1 Å². The normalized spacial score (nSPS) is 24.4. The lowest BCUT2D eigenvalue weighted by molar-refractivity contribution is 0.0183. The highest BCUT2D eigenvalue weighted by molar-refractivity contribution is 6.31. The lowest BCUT2D eigenvalue weighted by Crippen LogP contribution is -2.44. The third-order valence-electron chi connectivity index (χ3n) is 4.36. The van der Waals surface area contributed by atoms with Gasteiger partial charge >= 0.3 is 0 Å². The van der Waals surface area contributed by atoms with Crippen LogP contribution in [0.3, 0.4) is 0 Å². The SMILES string of the molecule is CNc1ccc(Cl)c(CN2CCC(N3CCOCC3)C2)n1. The van der Waals surface area contributed by atoms with Crippen LogP contribution >= 0.6 is 11.6 Å². The van der Waals surface area contributed by atoms with E-state index in [0.29, 0.717) is 6.04 Å². The van der Waals surface area contributed by atoms with Crippen molar-refractivity contribution in [1.29, 1.82) is 0 Å². The van der Waals surface area contributed by atoms with E-state index in [2.05, 4.69) is 20.1 Å². The molecule has 0 radical (unpaired) electrons. The van der Waals surface area contributed by atoms with E-state index in [1.165, 1.54) is 6.42 Å². The Morgan fingerprint density at radius 2 is 2.14 bits per heavy atom. The first-order chi connectivity index (χ1) is 10.3. The number of hydrogen-bond donors (Lipinski definition) is 1. The standard InChI is InChI=1S/C15H23ClN4O/c1-17-15-3-2-13(16)14(18-15)11-19-5-4-12(10-19)20-6-8-21-9-7-20/h2-3,12H,4-11H2,1H3,(H,17,18). The third kappa shape index (κ3) is 3.66. The Labute approximate surface area is 131 Å². The van der Waals surface area contributed by atoms with E-state index >= 15 is 0 Å². The van der Waals surface area contributed by atoms with Crippen molar-refractivity contribution in [3.63, 3.8) is 0 Å². The van der Waals surface area contributed by atoms with Gasteiger partial charge in [0.2, 0.25) is 0 Å². The molecule has 2 aliphatic rings. The lowest BCUT2D eigenvalue weighted by atomic mass is 10.2. The molecular formula is C15H23ClN4O. The van der Waals surface area contributed by atoms with Crippen LogP contribution in [0.2, 0.25) is 5.02 Å². The van der Waals surface area contributed by atoms with Crippen LogP contribution in [0.4, 0.5) is 5.82 Å². The summed E-state index contributed by atoms with van der Waals surface area (Å²) in [5, 5.41) is 3.82. The zero-order valence-corrected chi connectivity index (χ0v) is 13.3. The highest BCUT2D eigenvalue weighted by Crippen LogP contribution is 2.22. The molecule has 0 aliphatic carbocycles. The molecule has 21 heavy (non-hydrogen) atoms. The van der Waals surface area contributed by atoms with Crippen LogP contribution in [0, 0.1) is 0 Å². The highest BCUT2D eigenvalue weighted by Gasteiger charge is 2.29. The second kappa shape index (κ2) is 6.92. The second-order valence-electron chi connectivity index (χ2n) is 5.70. The molecule has 2 aliphatic heterocycles. The average molecular weight is 311 g/mol. The van der Waals surface area contributed by atoms with Crippen LogP contribution < -0.4 is 5.32 Å². The van der Waals surface area contributed by atoms with Crippen LogP contribution in [-0.2, 0) is 11.3 Å². The van der Waals surface area contributed by atoms with E-state index in [1.54, 1.807) is 0 Å². The summed E-state index contributed by atoms with van der Waals surface area (Å²) < 4.78 is 5.43. The monoisotopic (exact) mass is 310 g/mol. The molecule has 1 N–H and O–H groups in total. The van der Waals surface area contributed by atoms with Gasteiger partial charge in [0.05, 0.1) is 23.9 Å². The fourth-order valence-corrected chi connectivity index (χ4v) is 3.31. The van der Waals surface area contributed by atoms with Crippen LogP contribution in [0.5, 0.6) is 0 Å². The van der Waals surface area contributed by atoms with E-state index in [-0.39, 0.29) is 0 Å². The summed E-state index contributed by atoms with van der Waals surface area (Å²) >= 11 is 6.27. The first-order valence-electron chi connectivity index (χ1n) is 7.63. The molecule has 0 bridgehead atoms. The molecule has 1 unspecified atom stereocenters. The number of pyridine rings is 1. The molecule has 0 spiro atoms. The minimum absolute atomic E-state index is 0.653. The summed E-state index contributed by atoms with van der Waals surface area (Å²) in [6.07, 6.45) is 1.23. The number of aromatic nitrogens is 1. The fourth-order valence-electron chi connectivity index (χ4n) is 3.14. The molecule has 2 saturated heterocycles. The van der Waals surface area contributed by atoms with Crippen molar-refractivity contribution in [3.05, 3.63) is 22.8 Å². The summed E-state index contributed by atoms with van der Waals surface area (Å²) in [6, 6.07) is 4.48. The molecule has 1 aromatic heterocycles. The van der Waals surface area contributed by atoms with Gasteiger partial charge in [-0.25, -0.2) is 4.98 Å².